The Morgan fingerprint density at radius 1 is 1.44 bits per heavy atom. The number of rotatable bonds is 5. The van der Waals surface area contributed by atoms with Gasteiger partial charge in [-0.2, -0.15) is 0 Å². The molecule has 0 aromatic heterocycles. The fraction of sp³-hybridized carbons (Fsp3) is 0.857. The van der Waals surface area contributed by atoms with Gasteiger partial charge in [0, 0.05) is 12.3 Å². The minimum Gasteiger partial charge on any atom is -0.396 e. The van der Waals surface area contributed by atoms with E-state index in [0.29, 0.717) is 0 Å². The summed E-state index contributed by atoms with van der Waals surface area (Å²) in [5.74, 6) is 0. The molecule has 0 spiro atoms. The fourth-order valence-electron chi connectivity index (χ4n) is 0.719. The average Bonchev–Trinajstić information content (AvgIpc) is 1.85. The van der Waals surface area contributed by atoms with Gasteiger partial charge in [-0.05, 0) is 19.3 Å². The molecule has 0 radical (unpaired) electrons. The topological polar surface area (TPSA) is 44.1 Å². The van der Waals surface area contributed by atoms with Crippen LogP contribution in [-0.4, -0.2) is 17.4 Å². The molecule has 2 N–H and O–H groups in total. The van der Waals surface area contributed by atoms with E-state index in [1.165, 1.54) is 0 Å². The molecule has 0 aliphatic carbocycles. The lowest BCUT2D eigenvalue weighted by Gasteiger charge is -1.97. The van der Waals surface area contributed by atoms with Crippen molar-refractivity contribution >= 4 is 5.71 Å². The highest BCUT2D eigenvalue weighted by molar-refractivity contribution is 5.81. The van der Waals surface area contributed by atoms with Gasteiger partial charge < -0.3 is 10.5 Å². The van der Waals surface area contributed by atoms with Crippen LogP contribution >= 0.6 is 0 Å². The first kappa shape index (κ1) is 8.63. The van der Waals surface area contributed by atoms with Crippen molar-refractivity contribution in [3.63, 3.8) is 0 Å². The molecular weight excluding hydrogens is 114 g/mol. The van der Waals surface area contributed by atoms with Gasteiger partial charge in [0.2, 0.25) is 0 Å². The van der Waals surface area contributed by atoms with E-state index < -0.39 is 0 Å². The molecule has 2 heteroatoms. The zero-order valence-electron chi connectivity index (χ0n) is 5.98. The fourth-order valence-corrected chi connectivity index (χ4v) is 0.719. The summed E-state index contributed by atoms with van der Waals surface area (Å²) in [6.07, 6.45) is 3.45. The molecule has 0 heterocycles. The molecule has 0 aromatic rings. The summed E-state index contributed by atoms with van der Waals surface area (Å²) in [7, 11) is 0. The third kappa shape index (κ3) is 5.50. The van der Waals surface area contributed by atoms with Gasteiger partial charge in [-0.25, -0.2) is 0 Å². The van der Waals surface area contributed by atoms with Crippen LogP contribution in [-0.2, 0) is 0 Å². The summed E-state index contributed by atoms with van der Waals surface area (Å²) in [5, 5.41) is 15.7. The second-order valence-electron chi connectivity index (χ2n) is 2.18. The summed E-state index contributed by atoms with van der Waals surface area (Å²) in [6.45, 7) is 2.28. The molecule has 0 aromatic carbocycles. The van der Waals surface area contributed by atoms with Gasteiger partial charge in [-0.15, -0.1) is 0 Å². The highest BCUT2D eigenvalue weighted by Gasteiger charge is 1.92. The molecule has 9 heavy (non-hydrogen) atoms. The number of hydrogen-bond donors (Lipinski definition) is 2. The van der Waals surface area contributed by atoms with Gasteiger partial charge in [0.15, 0.2) is 0 Å². The highest BCUT2D eigenvalue weighted by Crippen LogP contribution is 1.96. The maximum atomic E-state index is 8.39. The van der Waals surface area contributed by atoms with Crippen LogP contribution in [0.15, 0.2) is 0 Å². The monoisotopic (exact) mass is 129 g/mol. The number of hydrogen-bond acceptors (Lipinski definition) is 2. The Morgan fingerprint density at radius 3 is 2.56 bits per heavy atom. The molecule has 0 unspecified atom stereocenters. The molecule has 0 aliphatic rings. The summed E-state index contributed by atoms with van der Waals surface area (Å²) >= 11 is 0. The number of nitrogens with one attached hydrogen (secondary N) is 1. The zero-order chi connectivity index (χ0) is 7.11. The van der Waals surface area contributed by atoms with Crippen molar-refractivity contribution in [2.45, 2.75) is 32.6 Å². The molecule has 0 aliphatic heterocycles. The standard InChI is InChI=1S/C7H15NO/c1-2-4-7(8)5-3-6-9/h8-9H,2-6H2,1H3. The number of aliphatic hydroxyl groups excluding tert-OH is 1. The van der Waals surface area contributed by atoms with E-state index in [1.54, 1.807) is 0 Å². The maximum absolute atomic E-state index is 8.39. The minimum atomic E-state index is 0.214. The lowest BCUT2D eigenvalue weighted by molar-refractivity contribution is 0.291. The van der Waals surface area contributed by atoms with Crippen LogP contribution < -0.4 is 0 Å². The van der Waals surface area contributed by atoms with E-state index in [2.05, 4.69) is 6.92 Å². The molecule has 0 atom stereocenters. The summed E-state index contributed by atoms with van der Waals surface area (Å²) in [4.78, 5) is 0. The van der Waals surface area contributed by atoms with E-state index in [-0.39, 0.29) is 6.61 Å². The van der Waals surface area contributed by atoms with Crippen molar-refractivity contribution in [1.82, 2.24) is 0 Å². The summed E-state index contributed by atoms with van der Waals surface area (Å²) < 4.78 is 0. The smallest absolute Gasteiger partial charge is 0.0434 e. The van der Waals surface area contributed by atoms with Crippen molar-refractivity contribution in [1.29, 1.82) is 5.41 Å². The lowest BCUT2D eigenvalue weighted by Crippen LogP contribution is -1.96. The van der Waals surface area contributed by atoms with Crippen LogP contribution in [0.4, 0.5) is 0 Å². The van der Waals surface area contributed by atoms with Crippen LogP contribution in [0.25, 0.3) is 0 Å². The molecule has 0 fully saturated rings. The first-order valence-corrected chi connectivity index (χ1v) is 3.48. The zero-order valence-corrected chi connectivity index (χ0v) is 5.98. The molecular formula is C7H15NO. The van der Waals surface area contributed by atoms with Gasteiger partial charge in [-0.1, -0.05) is 13.3 Å². The van der Waals surface area contributed by atoms with Crippen molar-refractivity contribution < 1.29 is 5.11 Å². The predicted octanol–water partition coefficient (Wildman–Crippen LogP) is 1.58. The third-order valence-corrected chi connectivity index (χ3v) is 1.19. The Bertz CT molecular complexity index is 81.0. The molecule has 0 rings (SSSR count). The van der Waals surface area contributed by atoms with E-state index in [1.807, 2.05) is 0 Å². The Kier molecular flexibility index (Phi) is 5.52. The van der Waals surface area contributed by atoms with Crippen molar-refractivity contribution in [3.8, 4) is 0 Å². The normalized spacial score (nSPS) is 9.56. The first-order valence-electron chi connectivity index (χ1n) is 3.48. The average molecular weight is 129 g/mol. The SMILES string of the molecule is CCCC(=N)CCCO. The second kappa shape index (κ2) is 5.76. The first-order chi connectivity index (χ1) is 4.31. The Balaban J connectivity index is 3.06. The second-order valence-corrected chi connectivity index (χ2v) is 2.18. The van der Waals surface area contributed by atoms with Crippen LogP contribution in [0, 0.1) is 5.41 Å². The third-order valence-electron chi connectivity index (χ3n) is 1.19. The quantitative estimate of drug-likeness (QED) is 0.544. The highest BCUT2D eigenvalue weighted by atomic mass is 16.2. The van der Waals surface area contributed by atoms with Crippen LogP contribution in [0.2, 0.25) is 0 Å². The van der Waals surface area contributed by atoms with Gasteiger partial charge >= 0.3 is 0 Å². The molecule has 0 bridgehead atoms. The van der Waals surface area contributed by atoms with Gasteiger partial charge in [0.1, 0.15) is 0 Å². The van der Waals surface area contributed by atoms with E-state index in [0.717, 1.165) is 31.4 Å². The van der Waals surface area contributed by atoms with E-state index in [9.17, 15) is 0 Å². The van der Waals surface area contributed by atoms with Crippen molar-refractivity contribution in [2.75, 3.05) is 6.61 Å². The van der Waals surface area contributed by atoms with Gasteiger partial charge in [0.25, 0.3) is 0 Å². The van der Waals surface area contributed by atoms with Crippen molar-refractivity contribution in [2.24, 2.45) is 0 Å². The van der Waals surface area contributed by atoms with Gasteiger partial charge in [0.05, 0.1) is 0 Å². The molecule has 0 saturated heterocycles. The molecule has 54 valence electrons. The predicted molar refractivity (Wildman–Crippen MR) is 39.0 cm³/mol. The van der Waals surface area contributed by atoms with E-state index in [4.69, 9.17) is 10.5 Å². The summed E-state index contributed by atoms with van der Waals surface area (Å²) in [5.41, 5.74) is 0.770. The molecule has 2 nitrogen and oxygen atoms in total. The van der Waals surface area contributed by atoms with Gasteiger partial charge in [-0.3, -0.25) is 0 Å². The minimum absolute atomic E-state index is 0.214. The maximum Gasteiger partial charge on any atom is 0.0434 e. The Morgan fingerprint density at radius 2 is 2.11 bits per heavy atom. The Hall–Kier alpha value is -0.370. The summed E-state index contributed by atoms with van der Waals surface area (Å²) in [6, 6.07) is 0. The van der Waals surface area contributed by atoms with Crippen LogP contribution in [0.3, 0.4) is 0 Å². The molecule has 0 amide bonds. The van der Waals surface area contributed by atoms with E-state index >= 15 is 0 Å². The van der Waals surface area contributed by atoms with Crippen LogP contribution in [0.1, 0.15) is 32.6 Å². The molecule has 0 saturated carbocycles. The Labute approximate surface area is 56.4 Å². The van der Waals surface area contributed by atoms with Crippen molar-refractivity contribution in [3.05, 3.63) is 0 Å². The van der Waals surface area contributed by atoms with Crippen LogP contribution in [0.5, 0.6) is 0 Å². The largest absolute Gasteiger partial charge is 0.396 e. The lowest BCUT2D eigenvalue weighted by atomic mass is 10.1. The number of aliphatic hydroxyl groups is 1.